The van der Waals surface area contributed by atoms with Crippen molar-refractivity contribution in [3.8, 4) is 10.9 Å². The van der Waals surface area contributed by atoms with Crippen LogP contribution in [0.15, 0.2) is 60.1 Å². The first-order valence-electron chi connectivity index (χ1n) is 7.93. The third-order valence-corrected chi connectivity index (χ3v) is 4.74. The number of nitrogens with zero attached hydrogens (tertiary/aromatic N) is 1. The lowest BCUT2D eigenvalue weighted by molar-refractivity contribution is 0.0950. The van der Waals surface area contributed by atoms with E-state index in [1.807, 2.05) is 11.4 Å². The Bertz CT molecular complexity index is 898. The zero-order valence-electron chi connectivity index (χ0n) is 13.2. The summed E-state index contributed by atoms with van der Waals surface area (Å²) in [4.78, 5) is 16.5. The number of ether oxygens (including phenoxy) is 1. The molecule has 4 nitrogen and oxygen atoms in total. The quantitative estimate of drug-likeness (QED) is 0.741. The zero-order valence-corrected chi connectivity index (χ0v) is 14.0. The van der Waals surface area contributed by atoms with E-state index in [0.29, 0.717) is 16.5 Å². The third kappa shape index (κ3) is 3.69. The molecule has 1 fully saturated rings. The van der Waals surface area contributed by atoms with E-state index in [4.69, 9.17) is 4.74 Å². The number of hydrogen-bond donors (Lipinski definition) is 1. The van der Waals surface area contributed by atoms with E-state index < -0.39 is 0 Å². The molecule has 1 aliphatic rings. The minimum Gasteiger partial charge on any atom is -0.431 e. The molecule has 0 bridgehead atoms. The second-order valence-corrected chi connectivity index (χ2v) is 6.76. The molecular weight excluding hydrogens is 339 g/mol. The van der Waals surface area contributed by atoms with Crippen molar-refractivity contribution in [1.82, 2.24) is 10.3 Å². The topological polar surface area (TPSA) is 51.2 Å². The maximum Gasteiger partial charge on any atom is 0.278 e. The Morgan fingerprint density at radius 3 is 2.92 bits per heavy atom. The number of benzene rings is 2. The molecule has 1 saturated carbocycles. The largest absolute Gasteiger partial charge is 0.431 e. The van der Waals surface area contributed by atoms with Gasteiger partial charge in [-0.15, -0.1) is 0 Å². The van der Waals surface area contributed by atoms with Crippen molar-refractivity contribution < 1.29 is 13.9 Å². The summed E-state index contributed by atoms with van der Waals surface area (Å²) in [7, 11) is 0. The normalized spacial score (nSPS) is 18.6. The van der Waals surface area contributed by atoms with Gasteiger partial charge in [0.15, 0.2) is 0 Å². The molecule has 1 amide bonds. The highest BCUT2D eigenvalue weighted by molar-refractivity contribution is 7.11. The lowest BCUT2D eigenvalue weighted by Crippen LogP contribution is -2.26. The van der Waals surface area contributed by atoms with E-state index in [1.54, 1.807) is 36.5 Å². The molecule has 0 unspecified atom stereocenters. The minimum atomic E-state index is -0.249. The van der Waals surface area contributed by atoms with Crippen LogP contribution in [0, 0.1) is 5.82 Å². The summed E-state index contributed by atoms with van der Waals surface area (Å²) < 4.78 is 18.9. The number of thiazole rings is 1. The molecule has 25 heavy (non-hydrogen) atoms. The van der Waals surface area contributed by atoms with Gasteiger partial charge in [-0.3, -0.25) is 4.79 Å². The number of rotatable bonds is 5. The predicted octanol–water partition coefficient (Wildman–Crippen LogP) is 4.36. The Morgan fingerprint density at radius 2 is 2.12 bits per heavy atom. The van der Waals surface area contributed by atoms with Crippen molar-refractivity contribution >= 4 is 17.2 Å². The molecule has 4 rings (SSSR count). The molecular formula is C19H15FN2O2S. The van der Waals surface area contributed by atoms with Gasteiger partial charge in [-0.25, -0.2) is 9.37 Å². The van der Waals surface area contributed by atoms with Gasteiger partial charge < -0.3 is 10.1 Å². The van der Waals surface area contributed by atoms with E-state index in [9.17, 15) is 9.18 Å². The fraction of sp³-hybridized carbons (Fsp3) is 0.158. The van der Waals surface area contributed by atoms with Crippen LogP contribution in [0.5, 0.6) is 10.9 Å². The van der Waals surface area contributed by atoms with Crippen molar-refractivity contribution in [1.29, 1.82) is 0 Å². The van der Waals surface area contributed by atoms with Crippen LogP contribution in [0.25, 0.3) is 0 Å². The van der Waals surface area contributed by atoms with Crippen molar-refractivity contribution in [2.75, 3.05) is 0 Å². The maximum atomic E-state index is 13.3. The molecule has 0 radical (unpaired) electrons. The molecule has 2 aromatic carbocycles. The second kappa shape index (κ2) is 6.64. The summed E-state index contributed by atoms with van der Waals surface area (Å²) in [6.45, 7) is 0. The summed E-state index contributed by atoms with van der Waals surface area (Å²) in [5.41, 5.74) is 1.45. The molecule has 2 atom stereocenters. The van der Waals surface area contributed by atoms with Gasteiger partial charge in [0.05, 0.1) is 0 Å². The van der Waals surface area contributed by atoms with Gasteiger partial charge in [0, 0.05) is 29.1 Å². The van der Waals surface area contributed by atoms with E-state index in [0.717, 1.165) is 12.0 Å². The van der Waals surface area contributed by atoms with Gasteiger partial charge in [-0.1, -0.05) is 29.5 Å². The van der Waals surface area contributed by atoms with E-state index in [2.05, 4.69) is 10.3 Å². The summed E-state index contributed by atoms with van der Waals surface area (Å²) in [6, 6.07) is 13.6. The minimum absolute atomic E-state index is 0.0397. The maximum absolute atomic E-state index is 13.3. The molecule has 6 heteroatoms. The lowest BCUT2D eigenvalue weighted by atomic mass is 10.1. The first-order valence-corrected chi connectivity index (χ1v) is 8.81. The average molecular weight is 354 g/mol. The Hall–Kier alpha value is -2.73. The molecule has 1 aromatic heterocycles. The number of nitrogens with one attached hydrogen (secondary N) is 1. The monoisotopic (exact) mass is 354 g/mol. The van der Waals surface area contributed by atoms with Crippen LogP contribution < -0.4 is 10.1 Å². The average Bonchev–Trinajstić information content (AvgIpc) is 3.19. The van der Waals surface area contributed by atoms with Crippen LogP contribution in [0.2, 0.25) is 0 Å². The fourth-order valence-corrected chi connectivity index (χ4v) is 3.28. The molecule has 1 N–H and O–H groups in total. The lowest BCUT2D eigenvalue weighted by Gasteiger charge is -2.07. The Morgan fingerprint density at radius 1 is 1.24 bits per heavy atom. The molecule has 0 spiro atoms. The van der Waals surface area contributed by atoms with Crippen molar-refractivity contribution in [3.63, 3.8) is 0 Å². The van der Waals surface area contributed by atoms with Crippen LogP contribution in [0.1, 0.15) is 28.3 Å². The zero-order chi connectivity index (χ0) is 17.2. The number of hydrogen-bond acceptors (Lipinski definition) is 4. The standard InChI is InChI=1S/C19H15FN2O2S/c20-14-5-1-3-12(9-14)16-11-17(16)22-18(23)13-4-2-6-15(10-13)24-19-21-7-8-25-19/h1-10,16-17H,11H2,(H,22,23)/t16-,17+/m0/s1. The molecule has 126 valence electrons. The van der Waals surface area contributed by atoms with E-state index in [1.165, 1.54) is 23.5 Å². The van der Waals surface area contributed by atoms with Crippen molar-refractivity contribution in [2.24, 2.45) is 0 Å². The molecule has 1 aliphatic carbocycles. The van der Waals surface area contributed by atoms with Crippen molar-refractivity contribution in [3.05, 3.63) is 77.1 Å². The molecule has 0 saturated heterocycles. The smallest absolute Gasteiger partial charge is 0.278 e. The highest BCUT2D eigenvalue weighted by Gasteiger charge is 2.39. The SMILES string of the molecule is O=C(N[C@@H]1C[C@H]1c1cccc(F)c1)c1cccc(Oc2nccs2)c1. The highest BCUT2D eigenvalue weighted by Crippen LogP contribution is 2.41. The first-order chi connectivity index (χ1) is 12.2. The summed E-state index contributed by atoms with van der Waals surface area (Å²) in [5, 5.41) is 5.35. The van der Waals surface area contributed by atoms with Crippen LogP contribution in [-0.4, -0.2) is 16.9 Å². The predicted molar refractivity (Wildman–Crippen MR) is 93.6 cm³/mol. The van der Waals surface area contributed by atoms with E-state index in [-0.39, 0.29) is 23.7 Å². The number of carbonyl (C=O) groups excluding carboxylic acids is 1. The number of amides is 1. The second-order valence-electron chi connectivity index (χ2n) is 5.91. The number of carbonyl (C=O) groups is 1. The van der Waals surface area contributed by atoms with Crippen LogP contribution in [-0.2, 0) is 0 Å². The first kappa shape index (κ1) is 15.8. The van der Waals surface area contributed by atoms with Gasteiger partial charge in [-0.05, 0) is 42.3 Å². The Kier molecular flexibility index (Phi) is 4.19. The summed E-state index contributed by atoms with van der Waals surface area (Å²) in [6.07, 6.45) is 2.49. The number of halogens is 1. The Labute approximate surface area is 148 Å². The fourth-order valence-electron chi connectivity index (χ4n) is 2.77. The van der Waals surface area contributed by atoms with E-state index >= 15 is 0 Å². The third-order valence-electron chi connectivity index (χ3n) is 4.09. The highest BCUT2D eigenvalue weighted by atomic mass is 32.1. The molecule has 1 heterocycles. The van der Waals surface area contributed by atoms with Crippen LogP contribution >= 0.6 is 11.3 Å². The Balaban J connectivity index is 1.40. The van der Waals surface area contributed by atoms with Gasteiger partial charge in [0.25, 0.3) is 11.1 Å². The van der Waals surface area contributed by atoms with Gasteiger partial charge in [-0.2, -0.15) is 0 Å². The van der Waals surface area contributed by atoms with Crippen LogP contribution in [0.3, 0.4) is 0 Å². The number of aromatic nitrogens is 1. The molecule has 0 aliphatic heterocycles. The van der Waals surface area contributed by atoms with Gasteiger partial charge in [0.1, 0.15) is 11.6 Å². The molecule has 3 aromatic rings. The summed E-state index contributed by atoms with van der Waals surface area (Å²) in [5.74, 6) is 0.337. The summed E-state index contributed by atoms with van der Waals surface area (Å²) >= 11 is 1.39. The van der Waals surface area contributed by atoms with Crippen LogP contribution in [0.4, 0.5) is 4.39 Å². The van der Waals surface area contributed by atoms with Gasteiger partial charge in [0.2, 0.25) is 0 Å². The van der Waals surface area contributed by atoms with Gasteiger partial charge >= 0.3 is 0 Å². The van der Waals surface area contributed by atoms with Crippen molar-refractivity contribution in [2.45, 2.75) is 18.4 Å².